The van der Waals surface area contributed by atoms with Crippen LogP contribution in [0.2, 0.25) is 0 Å². The average molecular weight is 258 g/mol. The molecule has 0 amide bonds. The van der Waals surface area contributed by atoms with E-state index in [2.05, 4.69) is 42.3 Å². The van der Waals surface area contributed by atoms with Gasteiger partial charge in [0, 0.05) is 18.0 Å². The third-order valence-corrected chi connectivity index (χ3v) is 2.80. The number of benzene rings is 1. The third-order valence-electron chi connectivity index (χ3n) is 2.80. The number of nitrogens with zero attached hydrogens (tertiary/aromatic N) is 1. The van der Waals surface area contributed by atoms with Crippen molar-refractivity contribution < 1.29 is 4.74 Å². The molecule has 1 heterocycles. The van der Waals surface area contributed by atoms with Crippen LogP contribution in [-0.2, 0) is 6.54 Å². The summed E-state index contributed by atoms with van der Waals surface area (Å²) < 4.78 is 5.84. The SMILES string of the molecule is CC(C)NCc1cc2ccccc2c(OC(C)C)n1. The van der Waals surface area contributed by atoms with E-state index in [0.29, 0.717) is 6.04 Å². The second-order valence-electron chi connectivity index (χ2n) is 5.34. The molecule has 19 heavy (non-hydrogen) atoms. The van der Waals surface area contributed by atoms with Crippen molar-refractivity contribution in [2.45, 2.75) is 46.4 Å². The van der Waals surface area contributed by atoms with Crippen LogP contribution < -0.4 is 10.1 Å². The molecule has 0 aliphatic rings. The second-order valence-corrected chi connectivity index (χ2v) is 5.34. The third kappa shape index (κ3) is 3.67. The standard InChI is InChI=1S/C16H22N2O/c1-11(2)17-10-14-9-13-7-5-6-8-15(13)16(18-14)19-12(3)4/h5-9,11-12,17H,10H2,1-4H3. The molecule has 0 bridgehead atoms. The van der Waals surface area contributed by atoms with E-state index in [0.717, 1.165) is 23.5 Å². The summed E-state index contributed by atoms with van der Waals surface area (Å²) in [5.74, 6) is 0.730. The Morgan fingerprint density at radius 3 is 2.58 bits per heavy atom. The maximum absolute atomic E-state index is 5.84. The molecule has 0 spiro atoms. The summed E-state index contributed by atoms with van der Waals surface area (Å²) in [7, 11) is 0. The molecule has 0 saturated heterocycles. The number of ether oxygens (including phenoxy) is 1. The lowest BCUT2D eigenvalue weighted by Crippen LogP contribution is -2.22. The van der Waals surface area contributed by atoms with Gasteiger partial charge in [-0.2, -0.15) is 0 Å². The van der Waals surface area contributed by atoms with E-state index in [1.54, 1.807) is 0 Å². The van der Waals surface area contributed by atoms with E-state index in [4.69, 9.17) is 4.74 Å². The van der Waals surface area contributed by atoms with Crippen LogP contribution in [0.3, 0.4) is 0 Å². The van der Waals surface area contributed by atoms with Gasteiger partial charge in [-0.1, -0.05) is 32.0 Å². The summed E-state index contributed by atoms with van der Waals surface area (Å²) in [4.78, 5) is 4.63. The zero-order valence-corrected chi connectivity index (χ0v) is 12.1. The monoisotopic (exact) mass is 258 g/mol. The molecule has 0 fully saturated rings. The van der Waals surface area contributed by atoms with Gasteiger partial charge in [0.05, 0.1) is 11.8 Å². The predicted octanol–water partition coefficient (Wildman–Crippen LogP) is 3.52. The Morgan fingerprint density at radius 2 is 1.89 bits per heavy atom. The number of nitrogens with one attached hydrogen (secondary N) is 1. The first-order valence-corrected chi connectivity index (χ1v) is 6.85. The van der Waals surface area contributed by atoms with Gasteiger partial charge in [0.2, 0.25) is 5.88 Å². The van der Waals surface area contributed by atoms with Gasteiger partial charge in [-0.25, -0.2) is 4.98 Å². The first-order valence-electron chi connectivity index (χ1n) is 6.85. The van der Waals surface area contributed by atoms with Crippen molar-refractivity contribution in [3.63, 3.8) is 0 Å². The highest BCUT2D eigenvalue weighted by molar-refractivity contribution is 5.87. The van der Waals surface area contributed by atoms with Crippen molar-refractivity contribution in [1.29, 1.82) is 0 Å². The smallest absolute Gasteiger partial charge is 0.221 e. The Balaban J connectivity index is 2.38. The van der Waals surface area contributed by atoms with Crippen molar-refractivity contribution in [2.75, 3.05) is 0 Å². The minimum atomic E-state index is 0.129. The van der Waals surface area contributed by atoms with Gasteiger partial charge in [0.25, 0.3) is 0 Å². The molecule has 3 heteroatoms. The molecule has 0 radical (unpaired) electrons. The number of aromatic nitrogens is 1. The van der Waals surface area contributed by atoms with E-state index in [-0.39, 0.29) is 6.10 Å². The lowest BCUT2D eigenvalue weighted by atomic mass is 10.1. The molecular formula is C16H22N2O. The predicted molar refractivity (Wildman–Crippen MR) is 79.5 cm³/mol. The lowest BCUT2D eigenvalue weighted by molar-refractivity contribution is 0.235. The normalized spacial score (nSPS) is 11.5. The topological polar surface area (TPSA) is 34.1 Å². The van der Waals surface area contributed by atoms with Crippen LogP contribution >= 0.6 is 0 Å². The molecule has 0 unspecified atom stereocenters. The number of fused-ring (bicyclic) bond motifs is 1. The Morgan fingerprint density at radius 1 is 1.16 bits per heavy atom. The first-order chi connectivity index (χ1) is 9.06. The van der Waals surface area contributed by atoms with Crippen LogP contribution in [0.4, 0.5) is 0 Å². The highest BCUT2D eigenvalue weighted by Crippen LogP contribution is 2.25. The summed E-state index contributed by atoms with van der Waals surface area (Å²) >= 11 is 0. The van der Waals surface area contributed by atoms with Gasteiger partial charge >= 0.3 is 0 Å². The Kier molecular flexibility index (Phi) is 4.38. The maximum Gasteiger partial charge on any atom is 0.221 e. The molecule has 102 valence electrons. The van der Waals surface area contributed by atoms with Crippen LogP contribution in [0, 0.1) is 0 Å². The van der Waals surface area contributed by atoms with Crippen LogP contribution in [0.5, 0.6) is 5.88 Å². The van der Waals surface area contributed by atoms with Gasteiger partial charge in [-0.3, -0.25) is 0 Å². The molecular weight excluding hydrogens is 236 g/mol. The van der Waals surface area contributed by atoms with Crippen LogP contribution in [-0.4, -0.2) is 17.1 Å². The Hall–Kier alpha value is -1.61. The summed E-state index contributed by atoms with van der Waals surface area (Å²) in [6, 6.07) is 10.8. The van der Waals surface area contributed by atoms with Crippen LogP contribution in [0.25, 0.3) is 10.8 Å². The van der Waals surface area contributed by atoms with Gasteiger partial charge in [-0.05, 0) is 31.4 Å². The van der Waals surface area contributed by atoms with E-state index >= 15 is 0 Å². The number of hydrogen-bond acceptors (Lipinski definition) is 3. The summed E-state index contributed by atoms with van der Waals surface area (Å²) in [6.07, 6.45) is 0.129. The van der Waals surface area contributed by atoms with Gasteiger partial charge in [0.15, 0.2) is 0 Å². The maximum atomic E-state index is 5.84. The van der Waals surface area contributed by atoms with Gasteiger partial charge in [0.1, 0.15) is 0 Å². The molecule has 0 atom stereocenters. The number of hydrogen-bond donors (Lipinski definition) is 1. The molecule has 3 nitrogen and oxygen atoms in total. The fourth-order valence-corrected chi connectivity index (χ4v) is 1.93. The van der Waals surface area contributed by atoms with Crippen molar-refractivity contribution in [3.05, 3.63) is 36.0 Å². The molecule has 0 saturated carbocycles. The molecule has 0 aliphatic carbocycles. The summed E-state index contributed by atoms with van der Waals surface area (Å²) in [5.41, 5.74) is 1.02. The minimum absolute atomic E-state index is 0.129. The van der Waals surface area contributed by atoms with Crippen molar-refractivity contribution in [1.82, 2.24) is 10.3 Å². The molecule has 1 aromatic heterocycles. The zero-order valence-electron chi connectivity index (χ0n) is 12.1. The van der Waals surface area contributed by atoms with Crippen LogP contribution in [0.15, 0.2) is 30.3 Å². The first kappa shape index (κ1) is 13.8. The largest absolute Gasteiger partial charge is 0.474 e. The van der Waals surface area contributed by atoms with Crippen LogP contribution in [0.1, 0.15) is 33.4 Å². The van der Waals surface area contributed by atoms with Crippen molar-refractivity contribution in [2.24, 2.45) is 0 Å². The quantitative estimate of drug-likeness (QED) is 0.891. The molecule has 1 aromatic carbocycles. The van der Waals surface area contributed by atoms with E-state index < -0.39 is 0 Å². The molecule has 1 N–H and O–H groups in total. The Labute approximate surface area is 115 Å². The number of rotatable bonds is 5. The minimum Gasteiger partial charge on any atom is -0.474 e. The van der Waals surface area contributed by atoms with Crippen molar-refractivity contribution in [3.8, 4) is 5.88 Å². The fourth-order valence-electron chi connectivity index (χ4n) is 1.93. The summed E-state index contributed by atoms with van der Waals surface area (Å²) in [6.45, 7) is 9.07. The summed E-state index contributed by atoms with van der Waals surface area (Å²) in [5, 5.41) is 5.64. The van der Waals surface area contributed by atoms with E-state index in [1.807, 2.05) is 26.0 Å². The van der Waals surface area contributed by atoms with Crippen molar-refractivity contribution >= 4 is 10.8 Å². The van der Waals surface area contributed by atoms with Gasteiger partial charge in [-0.15, -0.1) is 0 Å². The highest BCUT2D eigenvalue weighted by atomic mass is 16.5. The molecule has 2 aromatic rings. The molecule has 2 rings (SSSR count). The highest BCUT2D eigenvalue weighted by Gasteiger charge is 2.08. The van der Waals surface area contributed by atoms with Gasteiger partial charge < -0.3 is 10.1 Å². The lowest BCUT2D eigenvalue weighted by Gasteiger charge is -2.14. The number of pyridine rings is 1. The average Bonchev–Trinajstić information content (AvgIpc) is 2.35. The van der Waals surface area contributed by atoms with E-state index in [9.17, 15) is 0 Å². The zero-order chi connectivity index (χ0) is 13.8. The second kappa shape index (κ2) is 6.02. The fraction of sp³-hybridized carbons (Fsp3) is 0.438. The molecule has 0 aliphatic heterocycles. The Bertz CT molecular complexity index is 549. The van der Waals surface area contributed by atoms with E-state index in [1.165, 1.54) is 5.39 Å².